The summed E-state index contributed by atoms with van der Waals surface area (Å²) in [6, 6.07) is 13.3. The Kier molecular flexibility index (Phi) is 8.64. The van der Waals surface area contributed by atoms with Crippen molar-refractivity contribution in [2.75, 3.05) is 0 Å². The minimum absolute atomic E-state index is 0.00129. The van der Waals surface area contributed by atoms with Gasteiger partial charge in [-0.2, -0.15) is 0 Å². The first-order chi connectivity index (χ1) is 14.3. The third kappa shape index (κ3) is 7.38. The second kappa shape index (κ2) is 11.2. The molecule has 0 radical (unpaired) electrons. The first kappa shape index (κ1) is 23.2. The fourth-order valence-electron chi connectivity index (χ4n) is 2.64. The fourth-order valence-corrected chi connectivity index (χ4v) is 2.76. The molecule has 30 heavy (non-hydrogen) atoms. The molecule has 0 spiro atoms. The molecule has 0 unspecified atom stereocenters. The molecular formula is C21H24ClN3O5. The Labute approximate surface area is 179 Å². The predicted octanol–water partition coefficient (Wildman–Crippen LogP) is 1.53. The van der Waals surface area contributed by atoms with Gasteiger partial charge in [-0.15, -0.1) is 0 Å². The van der Waals surface area contributed by atoms with E-state index in [9.17, 15) is 19.5 Å². The molecule has 0 saturated heterocycles. The van der Waals surface area contributed by atoms with E-state index >= 15 is 0 Å². The molecule has 0 saturated carbocycles. The number of alkyl carbamates (subject to hydrolysis) is 1. The number of nitrogens with two attached hydrogens (primary N) is 1. The number of halogens is 1. The van der Waals surface area contributed by atoms with E-state index < -0.39 is 36.1 Å². The highest BCUT2D eigenvalue weighted by Crippen LogP contribution is 2.11. The van der Waals surface area contributed by atoms with E-state index in [-0.39, 0.29) is 13.0 Å². The van der Waals surface area contributed by atoms with Crippen LogP contribution in [-0.4, -0.2) is 41.2 Å². The minimum atomic E-state index is -1.33. The summed E-state index contributed by atoms with van der Waals surface area (Å²) in [5.41, 5.74) is 6.89. The van der Waals surface area contributed by atoms with E-state index in [0.717, 1.165) is 11.1 Å². The largest absolute Gasteiger partial charge is 0.445 e. The first-order valence-electron chi connectivity index (χ1n) is 9.25. The minimum Gasteiger partial charge on any atom is -0.445 e. The summed E-state index contributed by atoms with van der Waals surface area (Å²) in [5, 5.41) is 15.2. The van der Waals surface area contributed by atoms with E-state index in [1.807, 2.05) is 6.07 Å². The molecule has 160 valence electrons. The van der Waals surface area contributed by atoms with Gasteiger partial charge in [0.05, 0.1) is 6.10 Å². The maximum absolute atomic E-state index is 12.6. The first-order valence-corrected chi connectivity index (χ1v) is 9.63. The van der Waals surface area contributed by atoms with Crippen molar-refractivity contribution >= 4 is 29.5 Å². The molecule has 0 heterocycles. The molecule has 0 aliphatic carbocycles. The average molecular weight is 434 g/mol. The summed E-state index contributed by atoms with van der Waals surface area (Å²) in [6.45, 7) is 1.33. The van der Waals surface area contributed by atoms with Gasteiger partial charge < -0.3 is 26.2 Å². The Bertz CT molecular complexity index is 859. The van der Waals surface area contributed by atoms with Gasteiger partial charge in [-0.1, -0.05) is 54.1 Å². The predicted molar refractivity (Wildman–Crippen MR) is 112 cm³/mol. The maximum Gasteiger partial charge on any atom is 0.408 e. The molecule has 0 bridgehead atoms. The number of ether oxygens (including phenoxy) is 1. The SMILES string of the molecule is C[C@@H](O)[C@H](NC(=O)OCc1ccccc1)C(=O)N[C@H](Cc1ccc(Cl)cc1)C(N)=O. The van der Waals surface area contributed by atoms with E-state index in [1.165, 1.54) is 6.92 Å². The van der Waals surface area contributed by atoms with Crippen LogP contribution in [0.25, 0.3) is 0 Å². The molecule has 8 nitrogen and oxygen atoms in total. The van der Waals surface area contributed by atoms with Crippen molar-refractivity contribution in [1.82, 2.24) is 10.6 Å². The van der Waals surface area contributed by atoms with Crippen LogP contribution in [0.15, 0.2) is 54.6 Å². The van der Waals surface area contributed by atoms with Gasteiger partial charge in [0.25, 0.3) is 0 Å². The number of carbonyl (C=O) groups excluding carboxylic acids is 3. The summed E-state index contributed by atoms with van der Waals surface area (Å²) in [7, 11) is 0. The Morgan fingerprint density at radius 2 is 1.67 bits per heavy atom. The zero-order valence-electron chi connectivity index (χ0n) is 16.4. The van der Waals surface area contributed by atoms with E-state index in [2.05, 4.69) is 10.6 Å². The molecule has 0 aromatic heterocycles. The Hall–Kier alpha value is -3.10. The second-order valence-electron chi connectivity index (χ2n) is 6.72. The number of carbonyl (C=O) groups is 3. The number of rotatable bonds is 9. The Morgan fingerprint density at radius 3 is 2.23 bits per heavy atom. The highest BCUT2D eigenvalue weighted by atomic mass is 35.5. The summed E-state index contributed by atoms with van der Waals surface area (Å²) in [5.74, 6) is -1.52. The molecule has 5 N–H and O–H groups in total. The van der Waals surface area contributed by atoms with Crippen molar-refractivity contribution < 1.29 is 24.2 Å². The molecule has 3 amide bonds. The molecule has 2 rings (SSSR count). The lowest BCUT2D eigenvalue weighted by molar-refractivity contribution is -0.130. The van der Waals surface area contributed by atoms with Gasteiger partial charge in [-0.25, -0.2) is 4.79 Å². The molecule has 0 fully saturated rings. The lowest BCUT2D eigenvalue weighted by Crippen LogP contribution is -2.57. The van der Waals surface area contributed by atoms with E-state index in [1.54, 1.807) is 48.5 Å². The average Bonchev–Trinajstić information content (AvgIpc) is 2.71. The zero-order valence-corrected chi connectivity index (χ0v) is 17.1. The molecular weight excluding hydrogens is 410 g/mol. The number of amides is 3. The van der Waals surface area contributed by atoms with Crippen molar-refractivity contribution in [2.45, 2.75) is 38.1 Å². The number of aliphatic hydroxyl groups excluding tert-OH is 1. The standard InChI is InChI=1S/C21H24ClN3O5/c1-13(26)18(25-21(29)30-12-15-5-3-2-4-6-15)20(28)24-17(19(23)27)11-14-7-9-16(22)10-8-14/h2-10,13,17-18,26H,11-12H2,1H3,(H2,23,27)(H,24,28)(H,25,29)/t13-,17-,18+/m1/s1. The van der Waals surface area contributed by atoms with Crippen molar-refractivity contribution in [3.8, 4) is 0 Å². The van der Waals surface area contributed by atoms with Crippen LogP contribution in [0.4, 0.5) is 4.79 Å². The van der Waals surface area contributed by atoms with Crippen LogP contribution in [-0.2, 0) is 27.4 Å². The number of nitrogens with one attached hydrogen (secondary N) is 2. The molecule has 2 aromatic carbocycles. The molecule has 0 aliphatic rings. The lowest BCUT2D eigenvalue weighted by atomic mass is 10.0. The number of benzene rings is 2. The summed E-state index contributed by atoms with van der Waals surface area (Å²) >= 11 is 5.84. The maximum atomic E-state index is 12.6. The Morgan fingerprint density at radius 1 is 1.03 bits per heavy atom. The number of primary amides is 1. The summed E-state index contributed by atoms with van der Waals surface area (Å²) in [6.07, 6.45) is -1.99. The van der Waals surface area contributed by atoms with E-state index in [0.29, 0.717) is 5.02 Å². The van der Waals surface area contributed by atoms with E-state index in [4.69, 9.17) is 22.1 Å². The van der Waals surface area contributed by atoms with Crippen LogP contribution < -0.4 is 16.4 Å². The smallest absolute Gasteiger partial charge is 0.408 e. The van der Waals surface area contributed by atoms with Crippen LogP contribution in [0.2, 0.25) is 5.02 Å². The van der Waals surface area contributed by atoms with Crippen LogP contribution in [0.5, 0.6) is 0 Å². The fraction of sp³-hybridized carbons (Fsp3) is 0.286. The Balaban J connectivity index is 1.97. The van der Waals surface area contributed by atoms with Crippen LogP contribution in [0, 0.1) is 0 Å². The topological polar surface area (TPSA) is 131 Å². The van der Waals surface area contributed by atoms with Gasteiger partial charge in [0.1, 0.15) is 18.7 Å². The van der Waals surface area contributed by atoms with Crippen LogP contribution in [0.1, 0.15) is 18.1 Å². The third-order valence-electron chi connectivity index (χ3n) is 4.26. The molecule has 0 aliphatic heterocycles. The van der Waals surface area contributed by atoms with Gasteiger partial charge in [0, 0.05) is 11.4 Å². The molecule has 3 atom stereocenters. The lowest BCUT2D eigenvalue weighted by Gasteiger charge is -2.23. The molecule has 9 heteroatoms. The highest BCUT2D eigenvalue weighted by molar-refractivity contribution is 6.30. The summed E-state index contributed by atoms with van der Waals surface area (Å²) in [4.78, 5) is 36.4. The quantitative estimate of drug-likeness (QED) is 0.476. The van der Waals surface area contributed by atoms with Gasteiger partial charge in [-0.05, 0) is 30.2 Å². The van der Waals surface area contributed by atoms with Crippen molar-refractivity contribution in [1.29, 1.82) is 0 Å². The normalized spacial score (nSPS) is 13.6. The van der Waals surface area contributed by atoms with Crippen molar-refractivity contribution in [3.63, 3.8) is 0 Å². The number of aliphatic hydroxyl groups is 1. The third-order valence-corrected chi connectivity index (χ3v) is 4.52. The monoisotopic (exact) mass is 433 g/mol. The van der Waals surface area contributed by atoms with Crippen LogP contribution >= 0.6 is 11.6 Å². The highest BCUT2D eigenvalue weighted by Gasteiger charge is 2.29. The molecule has 2 aromatic rings. The zero-order chi connectivity index (χ0) is 22.1. The van der Waals surface area contributed by atoms with Gasteiger partial charge >= 0.3 is 6.09 Å². The van der Waals surface area contributed by atoms with Crippen LogP contribution in [0.3, 0.4) is 0 Å². The van der Waals surface area contributed by atoms with Gasteiger partial charge in [-0.3, -0.25) is 9.59 Å². The second-order valence-corrected chi connectivity index (χ2v) is 7.15. The number of hydrogen-bond acceptors (Lipinski definition) is 5. The van der Waals surface area contributed by atoms with Gasteiger partial charge in [0.2, 0.25) is 11.8 Å². The summed E-state index contributed by atoms with van der Waals surface area (Å²) < 4.78 is 5.07. The van der Waals surface area contributed by atoms with Crippen molar-refractivity contribution in [3.05, 3.63) is 70.7 Å². The van der Waals surface area contributed by atoms with Gasteiger partial charge in [0.15, 0.2) is 0 Å². The number of hydrogen-bond donors (Lipinski definition) is 4. The van der Waals surface area contributed by atoms with Crippen molar-refractivity contribution in [2.24, 2.45) is 5.73 Å².